The summed E-state index contributed by atoms with van der Waals surface area (Å²) < 4.78 is 60.5. The van der Waals surface area contributed by atoms with E-state index in [0.29, 0.717) is 19.3 Å². The van der Waals surface area contributed by atoms with E-state index in [1.807, 2.05) is 0 Å². The van der Waals surface area contributed by atoms with Gasteiger partial charge in [-0.1, -0.05) is 0 Å². The van der Waals surface area contributed by atoms with Gasteiger partial charge in [0.2, 0.25) is 8.32 Å². The largest absolute Gasteiger partial charge is 0.390 e. The number of rotatable bonds is 6. The molecule has 0 heterocycles. The van der Waals surface area contributed by atoms with Gasteiger partial charge in [-0.05, 0) is 38.9 Å². The van der Waals surface area contributed by atoms with E-state index in [1.54, 1.807) is 19.6 Å². The van der Waals surface area contributed by atoms with Crippen molar-refractivity contribution in [2.24, 2.45) is 0 Å². The first kappa shape index (κ1) is 18.0. The predicted octanol–water partition coefficient (Wildman–Crippen LogP) is 1.39. The minimum atomic E-state index is -4.05. The van der Waals surface area contributed by atoms with Crippen LogP contribution in [0.15, 0.2) is 0 Å². The molecule has 0 N–H and O–H groups in total. The Bertz CT molecular complexity index is 520. The van der Waals surface area contributed by atoms with Crippen molar-refractivity contribution in [3.63, 3.8) is 0 Å². The second-order valence-corrected chi connectivity index (χ2v) is 13.4. The average Bonchev–Trinajstić information content (AvgIpc) is 2.09. The third kappa shape index (κ3) is 7.69. The topological polar surface area (TPSA) is 96.0 Å². The van der Waals surface area contributed by atoms with E-state index in [-0.39, 0.29) is 6.42 Å². The fourth-order valence-corrected chi connectivity index (χ4v) is 5.80. The van der Waals surface area contributed by atoms with Gasteiger partial charge in [-0.3, -0.25) is 8.06 Å². The lowest BCUT2D eigenvalue weighted by molar-refractivity contribution is 0.0698. The summed E-state index contributed by atoms with van der Waals surface area (Å²) in [5.41, 5.74) is 0. The standard InChI is InChI=1S/C10H22O7S2Si/c1-18(11,12)15-9-6-5-7-10(8-9)16-19(13,14)17-20(2,3)4/h9-10H,5-8H2,1-4H3. The molecule has 0 aromatic heterocycles. The van der Waals surface area contributed by atoms with Crippen LogP contribution in [0.1, 0.15) is 25.7 Å². The Morgan fingerprint density at radius 3 is 1.90 bits per heavy atom. The van der Waals surface area contributed by atoms with Crippen molar-refractivity contribution in [3.05, 3.63) is 0 Å². The second kappa shape index (κ2) is 6.40. The van der Waals surface area contributed by atoms with Crippen molar-refractivity contribution >= 4 is 28.8 Å². The lowest BCUT2D eigenvalue weighted by atomic mass is 9.95. The van der Waals surface area contributed by atoms with E-state index in [4.69, 9.17) is 12.2 Å². The first-order valence-electron chi connectivity index (χ1n) is 6.38. The minimum absolute atomic E-state index is 0.224. The van der Waals surface area contributed by atoms with Crippen molar-refractivity contribution in [2.45, 2.75) is 57.5 Å². The Morgan fingerprint density at radius 2 is 1.45 bits per heavy atom. The van der Waals surface area contributed by atoms with Gasteiger partial charge < -0.3 is 0 Å². The highest BCUT2D eigenvalue weighted by atomic mass is 32.3. The zero-order valence-corrected chi connectivity index (χ0v) is 14.8. The van der Waals surface area contributed by atoms with Gasteiger partial charge in [0.1, 0.15) is 0 Å². The molecule has 1 aliphatic carbocycles. The van der Waals surface area contributed by atoms with Crippen LogP contribution in [0.5, 0.6) is 0 Å². The molecule has 20 heavy (non-hydrogen) atoms. The van der Waals surface area contributed by atoms with Crippen LogP contribution in [0.4, 0.5) is 0 Å². The van der Waals surface area contributed by atoms with Crippen molar-refractivity contribution in [2.75, 3.05) is 6.26 Å². The summed E-state index contributed by atoms with van der Waals surface area (Å²) in [7, 11) is -9.87. The molecule has 1 aliphatic rings. The maximum atomic E-state index is 11.7. The van der Waals surface area contributed by atoms with Crippen LogP contribution in [0, 0.1) is 0 Å². The third-order valence-electron chi connectivity index (χ3n) is 2.49. The zero-order valence-electron chi connectivity index (χ0n) is 12.2. The zero-order chi connectivity index (χ0) is 15.6. The molecule has 1 saturated carbocycles. The Kier molecular flexibility index (Phi) is 5.78. The van der Waals surface area contributed by atoms with Crippen LogP contribution in [-0.4, -0.2) is 43.6 Å². The summed E-state index contributed by atoms with van der Waals surface area (Å²) in [5.74, 6) is 0. The van der Waals surface area contributed by atoms with Gasteiger partial charge >= 0.3 is 10.4 Å². The molecule has 0 amide bonds. The summed E-state index contributed by atoms with van der Waals surface area (Å²) in [6.07, 6.45) is 1.82. The van der Waals surface area contributed by atoms with Gasteiger partial charge in [0, 0.05) is 6.42 Å². The maximum Gasteiger partial charge on any atom is 0.390 e. The van der Waals surface area contributed by atoms with Crippen molar-refractivity contribution in [1.82, 2.24) is 0 Å². The Labute approximate surface area is 122 Å². The van der Waals surface area contributed by atoms with E-state index < -0.39 is 41.0 Å². The lowest BCUT2D eigenvalue weighted by Gasteiger charge is -2.28. The maximum absolute atomic E-state index is 11.7. The molecule has 2 atom stereocenters. The third-order valence-corrected chi connectivity index (χ3v) is 6.44. The molecule has 2 unspecified atom stereocenters. The fourth-order valence-electron chi connectivity index (χ4n) is 2.02. The van der Waals surface area contributed by atoms with E-state index in [9.17, 15) is 16.8 Å². The van der Waals surface area contributed by atoms with Crippen LogP contribution in [-0.2, 0) is 32.8 Å². The lowest BCUT2D eigenvalue weighted by Crippen LogP contribution is -2.35. The highest BCUT2D eigenvalue weighted by Gasteiger charge is 2.32. The molecule has 1 fully saturated rings. The molecule has 0 aromatic carbocycles. The van der Waals surface area contributed by atoms with Crippen LogP contribution in [0.2, 0.25) is 19.6 Å². The molecule has 10 heteroatoms. The van der Waals surface area contributed by atoms with E-state index in [0.717, 1.165) is 6.26 Å². The molecule has 7 nitrogen and oxygen atoms in total. The molecule has 0 aliphatic heterocycles. The normalized spacial score (nSPS) is 25.6. The van der Waals surface area contributed by atoms with Crippen molar-refractivity contribution < 1.29 is 29.1 Å². The van der Waals surface area contributed by atoms with Crippen LogP contribution >= 0.6 is 0 Å². The summed E-state index contributed by atoms with van der Waals surface area (Å²) in [6, 6.07) is 0. The highest BCUT2D eigenvalue weighted by molar-refractivity contribution is 7.86. The number of hydrogen-bond donors (Lipinski definition) is 0. The molecular weight excluding hydrogens is 324 g/mol. The first-order valence-corrected chi connectivity index (χ1v) is 12.9. The second-order valence-electron chi connectivity index (χ2n) is 5.91. The highest BCUT2D eigenvalue weighted by Crippen LogP contribution is 2.26. The number of hydrogen-bond acceptors (Lipinski definition) is 7. The molecule has 1 rings (SSSR count). The van der Waals surface area contributed by atoms with Gasteiger partial charge in [0.25, 0.3) is 10.1 Å². The van der Waals surface area contributed by atoms with Gasteiger partial charge in [-0.15, -0.1) is 0 Å². The summed E-state index contributed by atoms with van der Waals surface area (Å²) in [4.78, 5) is 0. The van der Waals surface area contributed by atoms with E-state index >= 15 is 0 Å². The van der Waals surface area contributed by atoms with Gasteiger partial charge in [0.05, 0.1) is 18.5 Å². The van der Waals surface area contributed by atoms with Crippen molar-refractivity contribution in [1.29, 1.82) is 0 Å². The predicted molar refractivity (Wildman–Crippen MR) is 76.4 cm³/mol. The average molecular weight is 346 g/mol. The van der Waals surface area contributed by atoms with Gasteiger partial charge in [-0.2, -0.15) is 16.8 Å². The summed E-state index contributed by atoms with van der Waals surface area (Å²) in [6.45, 7) is 5.22. The van der Waals surface area contributed by atoms with Crippen molar-refractivity contribution in [3.8, 4) is 0 Å². The molecule has 0 aromatic rings. The molecule has 0 bridgehead atoms. The summed E-state index contributed by atoms with van der Waals surface area (Å²) in [5, 5.41) is 0. The quantitative estimate of drug-likeness (QED) is 0.529. The first-order chi connectivity index (χ1) is 8.86. The molecular formula is C10H22O7S2Si. The molecule has 0 radical (unpaired) electrons. The van der Waals surface area contributed by atoms with Crippen LogP contribution in [0.25, 0.3) is 0 Å². The SMILES string of the molecule is C[Si](C)(C)OS(=O)(=O)OC1CCCC(OS(C)(=O)=O)C1. The van der Waals surface area contributed by atoms with Gasteiger partial charge in [0.15, 0.2) is 0 Å². The van der Waals surface area contributed by atoms with E-state index in [2.05, 4.69) is 0 Å². The Balaban J connectivity index is 2.60. The minimum Gasteiger partial charge on any atom is -0.294 e. The van der Waals surface area contributed by atoms with Gasteiger partial charge in [-0.25, -0.2) is 4.18 Å². The molecule has 0 saturated heterocycles. The van der Waals surface area contributed by atoms with Crippen LogP contribution in [0.3, 0.4) is 0 Å². The smallest absolute Gasteiger partial charge is 0.294 e. The van der Waals surface area contributed by atoms with Crippen LogP contribution < -0.4 is 0 Å². The molecule has 0 spiro atoms. The fraction of sp³-hybridized carbons (Fsp3) is 1.00. The molecule has 120 valence electrons. The monoisotopic (exact) mass is 346 g/mol. The Morgan fingerprint density at radius 1 is 0.950 bits per heavy atom. The summed E-state index contributed by atoms with van der Waals surface area (Å²) >= 11 is 0. The van der Waals surface area contributed by atoms with E-state index in [1.165, 1.54) is 0 Å². The Hall–Kier alpha value is -0.00312.